The van der Waals surface area contributed by atoms with Crippen molar-refractivity contribution in [2.24, 2.45) is 5.92 Å². The molecule has 1 atom stereocenters. The van der Waals surface area contributed by atoms with Crippen LogP contribution in [0.2, 0.25) is 0 Å². The quantitative estimate of drug-likeness (QED) is 0.521. The van der Waals surface area contributed by atoms with E-state index in [1.807, 2.05) is 18.3 Å². The molecule has 35 heavy (non-hydrogen) atoms. The molecule has 1 fully saturated rings. The Hall–Kier alpha value is -1.05. The van der Waals surface area contributed by atoms with Crippen molar-refractivity contribution in [3.05, 3.63) is 30.1 Å². The van der Waals surface area contributed by atoms with E-state index in [9.17, 15) is 0 Å². The smallest absolute Gasteiger partial charge is 0.0556 e. The van der Waals surface area contributed by atoms with Crippen molar-refractivity contribution in [2.75, 3.05) is 53.9 Å². The van der Waals surface area contributed by atoms with Gasteiger partial charge < -0.3 is 25.1 Å². The number of hydrogen-bond donors (Lipinski definition) is 2. The van der Waals surface area contributed by atoms with Crippen LogP contribution in [-0.2, 0) is 6.42 Å². The molecule has 0 aliphatic carbocycles. The second-order valence-corrected chi connectivity index (χ2v) is 11.0. The molecule has 1 aliphatic rings. The molecule has 0 bridgehead atoms. The summed E-state index contributed by atoms with van der Waals surface area (Å²) in [6.07, 6.45) is 4.29. The van der Waals surface area contributed by atoms with Crippen LogP contribution in [0.25, 0.3) is 0 Å². The van der Waals surface area contributed by atoms with Gasteiger partial charge in [0.05, 0.1) is 6.61 Å². The van der Waals surface area contributed by atoms with Gasteiger partial charge in [-0.25, -0.2) is 0 Å². The van der Waals surface area contributed by atoms with Gasteiger partial charge in [0.15, 0.2) is 0 Å². The highest BCUT2D eigenvalue weighted by molar-refractivity contribution is 5.03. The maximum Gasteiger partial charge on any atom is 0.0556 e. The van der Waals surface area contributed by atoms with Gasteiger partial charge in [-0.05, 0) is 93.7 Å². The van der Waals surface area contributed by atoms with Crippen molar-refractivity contribution >= 4 is 0 Å². The van der Waals surface area contributed by atoms with Crippen molar-refractivity contribution in [3.63, 3.8) is 0 Å². The number of aliphatic hydroxyl groups excluding tert-OH is 1. The zero-order valence-corrected chi connectivity index (χ0v) is 25.4. The molecular weight excluding hydrogens is 434 g/mol. The molecule has 6 nitrogen and oxygen atoms in total. The van der Waals surface area contributed by atoms with Crippen LogP contribution in [-0.4, -0.2) is 103 Å². The molecule has 0 amide bonds. The minimum atomic E-state index is 0.234. The first-order chi connectivity index (χ1) is 16.3. The molecule has 0 spiro atoms. The number of aromatic nitrogens is 1. The van der Waals surface area contributed by atoms with Crippen LogP contribution in [0.3, 0.4) is 0 Å². The molecule has 0 aromatic carbocycles. The largest absolute Gasteiger partial charge is 0.395 e. The van der Waals surface area contributed by atoms with Crippen LogP contribution in [0, 0.1) is 5.92 Å². The van der Waals surface area contributed by atoms with Crippen LogP contribution >= 0.6 is 0 Å². The molecule has 2 heterocycles. The highest BCUT2D eigenvalue weighted by Gasteiger charge is 2.19. The fraction of sp³-hybridized carbons (Fsp3) is 0.828. The van der Waals surface area contributed by atoms with Gasteiger partial charge in [0.2, 0.25) is 0 Å². The van der Waals surface area contributed by atoms with Crippen LogP contribution in [0.1, 0.15) is 74.4 Å². The number of likely N-dealkylation sites (N-methyl/N-ethyl adjacent to an activating group) is 1. The molecule has 208 valence electrons. The van der Waals surface area contributed by atoms with Gasteiger partial charge in [0.25, 0.3) is 0 Å². The SMILES string of the molecule is CC(C)N(C)C.CC(C)N(C)CCc1ccccn1.CC(C)NCCO.CC1CCN(C(C)C)C1. The molecule has 1 aliphatic heterocycles. The van der Waals surface area contributed by atoms with Gasteiger partial charge in [-0.3, -0.25) is 4.98 Å². The summed E-state index contributed by atoms with van der Waals surface area (Å²) in [6.45, 7) is 24.4. The predicted octanol–water partition coefficient (Wildman–Crippen LogP) is 4.63. The van der Waals surface area contributed by atoms with E-state index in [4.69, 9.17) is 5.11 Å². The average Bonchev–Trinajstić information content (AvgIpc) is 3.24. The number of aliphatic hydroxyl groups is 1. The van der Waals surface area contributed by atoms with Crippen LogP contribution in [0.4, 0.5) is 0 Å². The third-order valence-corrected chi connectivity index (χ3v) is 6.21. The maximum absolute atomic E-state index is 8.25. The molecule has 1 aromatic rings. The zero-order chi connectivity index (χ0) is 27.4. The fourth-order valence-electron chi connectivity index (χ4n) is 2.89. The lowest BCUT2D eigenvalue weighted by molar-refractivity contribution is 0.267. The number of hydrogen-bond acceptors (Lipinski definition) is 6. The Morgan fingerprint density at radius 3 is 1.91 bits per heavy atom. The molecule has 0 saturated carbocycles. The van der Waals surface area contributed by atoms with Gasteiger partial charge in [-0.2, -0.15) is 0 Å². The van der Waals surface area contributed by atoms with Gasteiger partial charge >= 0.3 is 0 Å². The molecule has 0 radical (unpaired) electrons. The Labute approximate surface area is 219 Å². The van der Waals surface area contributed by atoms with Gasteiger partial charge in [-0.15, -0.1) is 0 Å². The summed E-state index contributed by atoms with van der Waals surface area (Å²) in [5.41, 5.74) is 1.18. The van der Waals surface area contributed by atoms with Crippen LogP contribution < -0.4 is 5.32 Å². The molecule has 1 unspecified atom stereocenters. The normalized spacial score (nSPS) is 15.8. The van der Waals surface area contributed by atoms with E-state index in [1.165, 1.54) is 25.2 Å². The third kappa shape index (κ3) is 23.1. The van der Waals surface area contributed by atoms with E-state index in [0.29, 0.717) is 24.7 Å². The molecule has 2 N–H and O–H groups in total. The highest BCUT2D eigenvalue weighted by Crippen LogP contribution is 2.16. The number of likely N-dealkylation sites (tertiary alicyclic amines) is 1. The predicted molar refractivity (Wildman–Crippen MR) is 155 cm³/mol. The summed E-state index contributed by atoms with van der Waals surface area (Å²) in [5, 5.41) is 11.3. The number of pyridine rings is 1. The first-order valence-electron chi connectivity index (χ1n) is 13.7. The second-order valence-electron chi connectivity index (χ2n) is 11.0. The lowest BCUT2D eigenvalue weighted by Gasteiger charge is -2.20. The molecule has 1 saturated heterocycles. The summed E-state index contributed by atoms with van der Waals surface area (Å²) in [6, 6.07) is 8.62. The average molecular weight is 496 g/mol. The summed E-state index contributed by atoms with van der Waals surface area (Å²) in [7, 11) is 6.29. The van der Waals surface area contributed by atoms with Crippen LogP contribution in [0.15, 0.2) is 24.4 Å². The monoisotopic (exact) mass is 495 g/mol. The standard InChI is InChI=1S/C11H18N2.C8H17N.C5H13NO.C5H13N/c1-10(2)13(3)9-7-11-6-4-5-8-12-11;1-7(2)9-5-4-8(3)6-9;1-5(2)6-3-4-7;1-5(2)6(3)4/h4-6,8,10H,7,9H2,1-3H3;7-8H,4-6H2,1-3H3;5-7H,3-4H2,1-2H3;5H,1-4H3. The first-order valence-corrected chi connectivity index (χ1v) is 13.7. The summed E-state index contributed by atoms with van der Waals surface area (Å²) in [5.74, 6) is 0.937. The zero-order valence-electron chi connectivity index (χ0n) is 25.4. The Balaban J connectivity index is 0. The third-order valence-electron chi connectivity index (χ3n) is 6.21. The van der Waals surface area contributed by atoms with Gasteiger partial charge in [0, 0.05) is 62.1 Å². The van der Waals surface area contributed by atoms with Crippen molar-refractivity contribution in [1.82, 2.24) is 25.0 Å². The van der Waals surface area contributed by atoms with Crippen LogP contribution in [0.5, 0.6) is 0 Å². The van der Waals surface area contributed by atoms with Gasteiger partial charge in [-0.1, -0.05) is 26.8 Å². The van der Waals surface area contributed by atoms with E-state index in [2.05, 4.69) is 115 Å². The summed E-state index contributed by atoms with van der Waals surface area (Å²) >= 11 is 0. The fourth-order valence-corrected chi connectivity index (χ4v) is 2.89. The number of nitrogens with one attached hydrogen (secondary N) is 1. The number of nitrogens with zero attached hydrogens (tertiary/aromatic N) is 4. The molecule has 6 heteroatoms. The van der Waals surface area contributed by atoms with E-state index < -0.39 is 0 Å². The first kappa shape index (κ1) is 36.1. The highest BCUT2D eigenvalue weighted by atomic mass is 16.3. The number of rotatable bonds is 9. The van der Waals surface area contributed by atoms with Crippen molar-refractivity contribution < 1.29 is 5.11 Å². The van der Waals surface area contributed by atoms with Crippen molar-refractivity contribution in [3.8, 4) is 0 Å². The van der Waals surface area contributed by atoms with Gasteiger partial charge in [0.1, 0.15) is 0 Å². The van der Waals surface area contributed by atoms with E-state index in [-0.39, 0.29) is 6.61 Å². The van der Waals surface area contributed by atoms with E-state index >= 15 is 0 Å². The summed E-state index contributed by atoms with van der Waals surface area (Å²) in [4.78, 5) is 11.3. The van der Waals surface area contributed by atoms with E-state index in [1.54, 1.807) is 0 Å². The lowest BCUT2D eigenvalue weighted by Crippen LogP contribution is -2.28. The van der Waals surface area contributed by atoms with E-state index in [0.717, 1.165) is 24.9 Å². The minimum Gasteiger partial charge on any atom is -0.395 e. The van der Waals surface area contributed by atoms with Crippen molar-refractivity contribution in [1.29, 1.82) is 0 Å². The maximum atomic E-state index is 8.25. The topological polar surface area (TPSA) is 54.9 Å². The molecule has 2 rings (SSSR count). The molecular formula is C29H61N5O. The Kier molecular flexibility index (Phi) is 22.9. The minimum absolute atomic E-state index is 0.234. The molecule has 1 aromatic heterocycles. The van der Waals surface area contributed by atoms with Crippen molar-refractivity contribution in [2.45, 2.75) is 99.3 Å². The Bertz CT molecular complexity index is 557. The second kappa shape index (κ2) is 22.2. The Morgan fingerprint density at radius 1 is 1.03 bits per heavy atom. The summed E-state index contributed by atoms with van der Waals surface area (Å²) < 4.78 is 0. The Morgan fingerprint density at radius 2 is 1.63 bits per heavy atom. The lowest BCUT2D eigenvalue weighted by atomic mass is 10.2.